The average molecular weight is 466 g/mol. The van der Waals surface area contributed by atoms with E-state index in [0.29, 0.717) is 0 Å². The molecule has 5 heterocycles. The Kier molecular flexibility index (Phi) is 5.28. The van der Waals surface area contributed by atoms with Crippen LogP contribution >= 0.6 is 0 Å². The molecule has 0 fully saturated rings. The van der Waals surface area contributed by atoms with Crippen LogP contribution in [-0.2, 0) is 0 Å². The number of nitrogens with one attached hydrogen (secondary N) is 2. The summed E-state index contributed by atoms with van der Waals surface area (Å²) in [4.78, 5) is 19.9. The van der Waals surface area contributed by atoms with Crippen molar-refractivity contribution in [2.45, 2.75) is 55.4 Å². The monoisotopic (exact) mass is 465 g/mol. The molecule has 2 aromatic rings. The van der Waals surface area contributed by atoms with Gasteiger partial charge in [-0.25, -0.2) is 9.98 Å². The van der Waals surface area contributed by atoms with Crippen molar-refractivity contribution in [2.24, 2.45) is 9.98 Å². The first-order valence-electron chi connectivity index (χ1n) is 12.2. The Morgan fingerprint density at radius 2 is 1.00 bits per heavy atom. The average Bonchev–Trinajstić information content (AvgIpc) is 3.44. The first-order chi connectivity index (χ1) is 16.5. The maximum Gasteiger partial charge on any atom is 0.0778 e. The van der Waals surface area contributed by atoms with Crippen LogP contribution in [0.1, 0.15) is 61.3 Å². The second-order valence-corrected chi connectivity index (χ2v) is 10.3. The minimum Gasteiger partial charge on any atom is -0.383 e. The van der Waals surface area contributed by atoms with Gasteiger partial charge in [0.2, 0.25) is 0 Å². The number of fused-ring (bicyclic) bond motifs is 7. The maximum absolute atomic E-state index is 5.18. The van der Waals surface area contributed by atoms with E-state index >= 15 is 0 Å². The molecule has 2 aromatic heterocycles. The Bertz CT molecular complexity index is 1410. The molecule has 0 aliphatic carbocycles. The van der Waals surface area contributed by atoms with Gasteiger partial charge in [-0.1, -0.05) is 0 Å². The van der Waals surface area contributed by atoms with Crippen LogP contribution in [0.5, 0.6) is 0 Å². The molecule has 0 saturated carbocycles. The van der Waals surface area contributed by atoms with Crippen LogP contribution < -0.4 is 0 Å². The second kappa shape index (κ2) is 7.98. The van der Waals surface area contributed by atoms with Gasteiger partial charge in [-0.05, 0) is 112 Å². The lowest BCUT2D eigenvalue weighted by Gasteiger charge is -2.14. The molecule has 5 rings (SSSR count). The quantitative estimate of drug-likeness (QED) is 0.469. The Hall–Kier alpha value is -3.60. The molecule has 2 N–H and O–H groups in total. The minimum atomic E-state index is 0.999. The van der Waals surface area contributed by atoms with Crippen LogP contribution in [-0.4, -0.2) is 40.4 Å². The molecular formula is C30H35N5. The highest BCUT2D eigenvalue weighted by molar-refractivity contribution is 6.36. The van der Waals surface area contributed by atoms with E-state index in [0.717, 1.165) is 51.2 Å². The SMILES string of the molecule is CC1=C(C)C2=NC1=Cc1[nH]c(c(C)c1C)-c1[nH]c(c(C)c1C)C=C1N=C(C2=CN(C)C)C(C)=C1C. The van der Waals surface area contributed by atoms with Gasteiger partial charge in [-0.15, -0.1) is 0 Å². The second-order valence-electron chi connectivity index (χ2n) is 10.3. The smallest absolute Gasteiger partial charge is 0.0778 e. The lowest BCUT2D eigenvalue weighted by Crippen LogP contribution is -2.17. The van der Waals surface area contributed by atoms with Crippen LogP contribution in [0.4, 0.5) is 0 Å². The Labute approximate surface area is 208 Å². The van der Waals surface area contributed by atoms with E-state index in [-0.39, 0.29) is 0 Å². The molecule has 5 nitrogen and oxygen atoms in total. The molecule has 0 radical (unpaired) electrons. The van der Waals surface area contributed by atoms with Crippen molar-refractivity contribution < 1.29 is 0 Å². The highest BCUT2D eigenvalue weighted by atomic mass is 15.0. The van der Waals surface area contributed by atoms with Crippen LogP contribution in [0.3, 0.4) is 0 Å². The highest BCUT2D eigenvalue weighted by Crippen LogP contribution is 2.38. The first kappa shape index (κ1) is 23.2. The van der Waals surface area contributed by atoms with E-state index in [4.69, 9.17) is 9.98 Å². The molecule has 0 aromatic carbocycles. The van der Waals surface area contributed by atoms with Gasteiger partial charge < -0.3 is 14.9 Å². The summed E-state index contributed by atoms with van der Waals surface area (Å²) in [6.07, 6.45) is 6.55. The van der Waals surface area contributed by atoms with Crippen molar-refractivity contribution >= 4 is 23.6 Å². The molecule has 3 aliphatic rings. The summed E-state index contributed by atoms with van der Waals surface area (Å²) in [7, 11) is 4.11. The summed E-state index contributed by atoms with van der Waals surface area (Å²) in [5, 5.41) is 0. The third-order valence-corrected chi connectivity index (χ3v) is 7.98. The summed E-state index contributed by atoms with van der Waals surface area (Å²) in [5.41, 5.74) is 19.4. The molecule has 0 spiro atoms. The van der Waals surface area contributed by atoms with Crippen molar-refractivity contribution in [2.75, 3.05) is 14.1 Å². The number of hydrogen-bond donors (Lipinski definition) is 2. The van der Waals surface area contributed by atoms with E-state index in [1.54, 1.807) is 0 Å². The normalized spacial score (nSPS) is 17.3. The van der Waals surface area contributed by atoms with E-state index < -0.39 is 0 Å². The fraction of sp³-hybridized carbons (Fsp3) is 0.333. The summed E-state index contributed by atoms with van der Waals surface area (Å²) in [6.45, 7) is 17.4. The predicted molar refractivity (Wildman–Crippen MR) is 149 cm³/mol. The largest absolute Gasteiger partial charge is 0.383 e. The molecule has 35 heavy (non-hydrogen) atoms. The molecule has 3 aliphatic heterocycles. The fourth-order valence-corrected chi connectivity index (χ4v) is 5.10. The number of aromatic amines is 2. The van der Waals surface area contributed by atoms with Crippen molar-refractivity contribution in [3.05, 3.63) is 79.1 Å². The van der Waals surface area contributed by atoms with Crippen LogP contribution in [0.25, 0.3) is 23.5 Å². The van der Waals surface area contributed by atoms with Crippen molar-refractivity contribution in [3.8, 4) is 11.4 Å². The first-order valence-corrected chi connectivity index (χ1v) is 12.2. The molecule has 180 valence electrons. The summed E-state index contributed by atoms with van der Waals surface area (Å²) < 4.78 is 0. The Morgan fingerprint density at radius 1 is 0.600 bits per heavy atom. The van der Waals surface area contributed by atoms with Gasteiger partial charge in [-0.2, -0.15) is 0 Å². The van der Waals surface area contributed by atoms with Gasteiger partial charge in [0, 0.05) is 37.3 Å². The number of aliphatic imine (C=N–C) groups is 2. The maximum atomic E-state index is 5.18. The van der Waals surface area contributed by atoms with E-state index in [1.165, 1.54) is 44.5 Å². The van der Waals surface area contributed by atoms with Crippen molar-refractivity contribution in [1.82, 2.24) is 14.9 Å². The lowest BCUT2D eigenvalue weighted by molar-refractivity contribution is 0.563. The van der Waals surface area contributed by atoms with Crippen LogP contribution in [0.2, 0.25) is 0 Å². The van der Waals surface area contributed by atoms with Gasteiger partial charge in [0.05, 0.1) is 34.2 Å². The standard InChI is InChI=1S/C30H35N5/c1-14-18(5)27-22(13-35(9)10)28-19(6)15(2)24(32-28)12-26-17(4)21(8)30(34-26)29-20(7)16(3)25(33-29)11-23(14)31-27/h11-13,33-34H,1-10H3. The Morgan fingerprint density at radius 3 is 1.37 bits per heavy atom. The molecule has 8 bridgehead atoms. The zero-order chi connectivity index (χ0) is 25.3. The Balaban J connectivity index is 1.89. The van der Waals surface area contributed by atoms with Crippen LogP contribution in [0.15, 0.2) is 55.4 Å². The van der Waals surface area contributed by atoms with Gasteiger partial charge in [0.25, 0.3) is 0 Å². The highest BCUT2D eigenvalue weighted by Gasteiger charge is 2.29. The molecule has 0 unspecified atom stereocenters. The predicted octanol–water partition coefficient (Wildman–Crippen LogP) is 6.97. The molecule has 0 amide bonds. The minimum absolute atomic E-state index is 0.999. The molecular weight excluding hydrogens is 430 g/mol. The van der Waals surface area contributed by atoms with E-state index in [9.17, 15) is 0 Å². The third kappa shape index (κ3) is 3.44. The van der Waals surface area contributed by atoms with Crippen LogP contribution in [0, 0.1) is 27.7 Å². The zero-order valence-electron chi connectivity index (χ0n) is 22.6. The van der Waals surface area contributed by atoms with Gasteiger partial charge >= 0.3 is 0 Å². The number of allylic oxidation sites excluding steroid dienone is 5. The third-order valence-electron chi connectivity index (χ3n) is 7.98. The van der Waals surface area contributed by atoms with Crippen molar-refractivity contribution in [3.63, 3.8) is 0 Å². The number of H-pyrrole nitrogens is 2. The van der Waals surface area contributed by atoms with Gasteiger partial charge in [-0.3, -0.25) is 0 Å². The number of rotatable bonds is 1. The summed E-state index contributed by atoms with van der Waals surface area (Å²) >= 11 is 0. The summed E-state index contributed by atoms with van der Waals surface area (Å²) in [5.74, 6) is 0. The fourth-order valence-electron chi connectivity index (χ4n) is 5.10. The van der Waals surface area contributed by atoms with E-state index in [1.807, 2.05) is 0 Å². The number of nitrogens with zero attached hydrogens (tertiary/aromatic N) is 3. The number of hydrogen-bond acceptors (Lipinski definition) is 3. The molecule has 0 saturated heterocycles. The van der Waals surface area contributed by atoms with E-state index in [2.05, 4.69) is 103 Å². The zero-order valence-corrected chi connectivity index (χ0v) is 22.6. The number of aromatic nitrogens is 2. The van der Waals surface area contributed by atoms with Gasteiger partial charge in [0.15, 0.2) is 0 Å². The molecule has 5 heteroatoms. The van der Waals surface area contributed by atoms with Gasteiger partial charge in [0.1, 0.15) is 0 Å². The molecule has 0 atom stereocenters. The lowest BCUT2D eigenvalue weighted by atomic mass is 9.94. The van der Waals surface area contributed by atoms with Crippen molar-refractivity contribution in [1.29, 1.82) is 0 Å². The summed E-state index contributed by atoms with van der Waals surface area (Å²) in [6, 6.07) is 0. The topological polar surface area (TPSA) is 59.5 Å².